The van der Waals surface area contributed by atoms with Crippen LogP contribution in [0.1, 0.15) is 12.7 Å². The van der Waals surface area contributed by atoms with Crippen molar-refractivity contribution in [2.45, 2.75) is 24.4 Å². The first-order valence-corrected chi connectivity index (χ1v) is 12.2. The van der Waals surface area contributed by atoms with E-state index in [-0.39, 0.29) is 11.4 Å². The van der Waals surface area contributed by atoms with Crippen molar-refractivity contribution in [2.75, 3.05) is 0 Å². The standard InChI is InChI=1S/C25H19FN8OS/c1-2-32-23(35)19-5-3-4-6-20(19)34-21(28-30-24(32)34)15-36-25-31-29-22(16-11-13-27-14-12-16)33(25)18-9-7-17(26)8-10-18/h3-14H,2,15H2,1H3. The number of thioether (sulfide) groups is 1. The maximum Gasteiger partial charge on any atom is 0.262 e. The number of aryl methyl sites for hydroxylation is 1. The molecule has 0 saturated heterocycles. The highest BCUT2D eigenvalue weighted by molar-refractivity contribution is 7.98. The van der Waals surface area contributed by atoms with Gasteiger partial charge in [-0.2, -0.15) is 0 Å². The molecule has 0 radical (unpaired) electrons. The van der Waals surface area contributed by atoms with Crippen molar-refractivity contribution < 1.29 is 4.39 Å². The van der Waals surface area contributed by atoms with Crippen LogP contribution in [0.4, 0.5) is 4.39 Å². The lowest BCUT2D eigenvalue weighted by Crippen LogP contribution is -2.22. The smallest absolute Gasteiger partial charge is 0.262 e. The van der Waals surface area contributed by atoms with E-state index in [1.54, 1.807) is 29.1 Å². The van der Waals surface area contributed by atoms with Crippen LogP contribution >= 0.6 is 11.8 Å². The van der Waals surface area contributed by atoms with Gasteiger partial charge in [0.15, 0.2) is 11.0 Å². The summed E-state index contributed by atoms with van der Waals surface area (Å²) in [6.07, 6.45) is 3.37. The summed E-state index contributed by atoms with van der Waals surface area (Å²) in [4.78, 5) is 17.0. The predicted octanol–water partition coefficient (Wildman–Crippen LogP) is 4.14. The number of fused-ring (bicyclic) bond motifs is 3. The molecule has 0 aliphatic rings. The van der Waals surface area contributed by atoms with Crippen molar-refractivity contribution in [3.8, 4) is 17.1 Å². The van der Waals surface area contributed by atoms with E-state index in [1.165, 1.54) is 23.9 Å². The Bertz CT molecular complexity index is 1760. The fraction of sp³-hybridized carbons (Fsp3) is 0.120. The molecule has 4 heterocycles. The van der Waals surface area contributed by atoms with Gasteiger partial charge in [0.2, 0.25) is 5.78 Å². The van der Waals surface area contributed by atoms with E-state index < -0.39 is 0 Å². The number of hydrogen-bond donors (Lipinski definition) is 0. The Hall–Kier alpha value is -4.38. The molecule has 6 aromatic rings. The topological polar surface area (TPSA) is 95.8 Å². The Morgan fingerprint density at radius 2 is 1.69 bits per heavy atom. The first-order chi connectivity index (χ1) is 17.7. The molecule has 178 valence electrons. The fourth-order valence-electron chi connectivity index (χ4n) is 4.20. The zero-order valence-electron chi connectivity index (χ0n) is 19.1. The van der Waals surface area contributed by atoms with Crippen LogP contribution in [0.3, 0.4) is 0 Å². The maximum atomic E-state index is 13.7. The van der Waals surface area contributed by atoms with Gasteiger partial charge in [0, 0.05) is 30.2 Å². The number of rotatable bonds is 6. The summed E-state index contributed by atoms with van der Waals surface area (Å²) < 4.78 is 19.1. The zero-order valence-corrected chi connectivity index (χ0v) is 19.9. The van der Waals surface area contributed by atoms with Gasteiger partial charge < -0.3 is 0 Å². The van der Waals surface area contributed by atoms with Gasteiger partial charge in [-0.1, -0.05) is 23.9 Å². The fourth-order valence-corrected chi connectivity index (χ4v) is 5.06. The number of hydrogen-bond acceptors (Lipinski definition) is 7. The number of halogens is 1. The van der Waals surface area contributed by atoms with Crippen LogP contribution in [-0.2, 0) is 12.3 Å². The predicted molar refractivity (Wildman–Crippen MR) is 135 cm³/mol. The molecule has 9 nitrogen and oxygen atoms in total. The van der Waals surface area contributed by atoms with E-state index in [2.05, 4.69) is 25.4 Å². The molecule has 0 saturated carbocycles. The van der Waals surface area contributed by atoms with Crippen molar-refractivity contribution in [2.24, 2.45) is 0 Å². The molecule has 36 heavy (non-hydrogen) atoms. The second kappa shape index (κ2) is 9.00. The minimum Gasteiger partial charge on any atom is -0.277 e. The van der Waals surface area contributed by atoms with E-state index in [1.807, 2.05) is 52.3 Å². The molecule has 0 bridgehead atoms. The third kappa shape index (κ3) is 3.64. The summed E-state index contributed by atoms with van der Waals surface area (Å²) in [5.74, 6) is 1.88. The highest BCUT2D eigenvalue weighted by atomic mass is 32.2. The van der Waals surface area contributed by atoms with Crippen LogP contribution in [0, 0.1) is 5.82 Å². The van der Waals surface area contributed by atoms with E-state index >= 15 is 0 Å². The Morgan fingerprint density at radius 3 is 2.47 bits per heavy atom. The number of aromatic nitrogens is 8. The lowest BCUT2D eigenvalue weighted by molar-refractivity contribution is 0.627. The Kier molecular flexibility index (Phi) is 5.53. The van der Waals surface area contributed by atoms with Crippen LogP contribution < -0.4 is 5.56 Å². The van der Waals surface area contributed by atoms with E-state index in [0.717, 1.165) is 16.8 Å². The highest BCUT2D eigenvalue weighted by Crippen LogP contribution is 2.30. The average molecular weight is 499 g/mol. The van der Waals surface area contributed by atoms with Crippen LogP contribution in [0.5, 0.6) is 0 Å². The third-order valence-corrected chi connectivity index (χ3v) is 6.80. The molecule has 0 amide bonds. The number of nitrogens with zero attached hydrogens (tertiary/aromatic N) is 8. The molecular weight excluding hydrogens is 479 g/mol. The van der Waals surface area contributed by atoms with E-state index in [9.17, 15) is 9.18 Å². The van der Waals surface area contributed by atoms with Crippen molar-refractivity contribution in [3.63, 3.8) is 0 Å². The SMILES string of the molecule is CCn1c(=O)c2ccccc2n2c(CSc3nnc(-c4ccncc4)n3-c3ccc(F)cc3)nnc12. The van der Waals surface area contributed by atoms with Crippen LogP contribution in [-0.4, -0.2) is 38.9 Å². The molecule has 6 rings (SSSR count). The second-order valence-corrected chi connectivity index (χ2v) is 8.90. The Morgan fingerprint density at radius 1 is 0.917 bits per heavy atom. The maximum absolute atomic E-state index is 13.7. The van der Waals surface area contributed by atoms with Gasteiger partial charge in [-0.15, -0.1) is 20.4 Å². The van der Waals surface area contributed by atoms with Gasteiger partial charge in [0.1, 0.15) is 11.6 Å². The summed E-state index contributed by atoms with van der Waals surface area (Å²) in [5, 5.41) is 18.8. The van der Waals surface area contributed by atoms with Crippen LogP contribution in [0.2, 0.25) is 0 Å². The van der Waals surface area contributed by atoms with Gasteiger partial charge in [-0.05, 0) is 55.5 Å². The normalized spacial score (nSPS) is 11.5. The lowest BCUT2D eigenvalue weighted by atomic mass is 10.2. The molecule has 0 spiro atoms. The Labute approximate surface area is 208 Å². The Balaban J connectivity index is 1.45. The lowest BCUT2D eigenvalue weighted by Gasteiger charge is -2.11. The molecule has 11 heteroatoms. The molecule has 0 aliphatic heterocycles. The van der Waals surface area contributed by atoms with Crippen LogP contribution in [0.25, 0.3) is 33.8 Å². The van der Waals surface area contributed by atoms with Crippen molar-refractivity contribution in [1.29, 1.82) is 0 Å². The monoisotopic (exact) mass is 498 g/mol. The molecule has 0 aliphatic carbocycles. The second-order valence-electron chi connectivity index (χ2n) is 7.96. The minimum absolute atomic E-state index is 0.0924. The summed E-state index contributed by atoms with van der Waals surface area (Å²) in [6, 6.07) is 17.3. The van der Waals surface area contributed by atoms with Crippen molar-refractivity contribution in [3.05, 3.63) is 95.1 Å². The molecule has 4 aromatic heterocycles. The molecular formula is C25H19FN8OS. The summed E-state index contributed by atoms with van der Waals surface area (Å²) in [7, 11) is 0. The van der Waals surface area contributed by atoms with Crippen molar-refractivity contribution in [1.82, 2.24) is 38.9 Å². The van der Waals surface area contributed by atoms with E-state index in [0.29, 0.717) is 40.3 Å². The first-order valence-electron chi connectivity index (χ1n) is 11.3. The molecule has 0 unspecified atom stereocenters. The van der Waals surface area contributed by atoms with Crippen LogP contribution in [0.15, 0.2) is 83.0 Å². The van der Waals surface area contributed by atoms with Gasteiger partial charge in [0.05, 0.1) is 16.7 Å². The summed E-state index contributed by atoms with van der Waals surface area (Å²) >= 11 is 1.43. The van der Waals surface area contributed by atoms with Gasteiger partial charge in [-0.25, -0.2) is 4.39 Å². The quantitative estimate of drug-likeness (QED) is 0.319. The minimum atomic E-state index is -0.324. The largest absolute Gasteiger partial charge is 0.277 e. The number of benzene rings is 2. The van der Waals surface area contributed by atoms with E-state index in [4.69, 9.17) is 0 Å². The van der Waals surface area contributed by atoms with Crippen molar-refractivity contribution >= 4 is 28.4 Å². The van der Waals surface area contributed by atoms with Gasteiger partial charge >= 0.3 is 0 Å². The summed E-state index contributed by atoms with van der Waals surface area (Å²) in [6.45, 7) is 2.39. The highest BCUT2D eigenvalue weighted by Gasteiger charge is 2.19. The van der Waals surface area contributed by atoms with Gasteiger partial charge in [-0.3, -0.25) is 23.3 Å². The molecule has 0 N–H and O–H groups in total. The average Bonchev–Trinajstić information content (AvgIpc) is 3.53. The molecule has 0 fully saturated rings. The third-order valence-electron chi connectivity index (χ3n) is 5.88. The number of para-hydroxylation sites is 1. The summed E-state index contributed by atoms with van der Waals surface area (Å²) in [5.41, 5.74) is 2.22. The zero-order chi connectivity index (χ0) is 24.6. The number of pyridine rings is 1. The molecule has 2 aromatic carbocycles. The van der Waals surface area contributed by atoms with Gasteiger partial charge in [0.25, 0.3) is 5.56 Å². The molecule has 0 atom stereocenters. The first kappa shape index (κ1) is 22.1.